The van der Waals surface area contributed by atoms with E-state index in [2.05, 4.69) is 26.1 Å². The molecule has 4 nitrogen and oxygen atoms in total. The fraction of sp³-hybridized carbons (Fsp3) is 0.714. The molecule has 66 valence electrons. The van der Waals surface area contributed by atoms with Crippen molar-refractivity contribution in [1.82, 2.24) is 10.1 Å². The van der Waals surface area contributed by atoms with Crippen molar-refractivity contribution in [2.24, 2.45) is 0 Å². The van der Waals surface area contributed by atoms with Gasteiger partial charge in [-0.2, -0.15) is 4.98 Å². The van der Waals surface area contributed by atoms with Crippen molar-refractivity contribution in [3.63, 3.8) is 0 Å². The van der Waals surface area contributed by atoms with Crippen LogP contribution in [0, 0.1) is 0 Å². The number of halogens is 1. The minimum absolute atomic E-state index is 0.310. The van der Waals surface area contributed by atoms with Crippen LogP contribution in [0.5, 0.6) is 0 Å². The van der Waals surface area contributed by atoms with Crippen LogP contribution in [0.1, 0.15) is 24.1 Å². The number of ether oxygens (including phenoxy) is 1. The summed E-state index contributed by atoms with van der Waals surface area (Å²) in [6.45, 7) is 1.51. The molecule has 12 heavy (non-hydrogen) atoms. The van der Waals surface area contributed by atoms with Gasteiger partial charge in [0.25, 0.3) is 0 Å². The SMILES string of the molecule is BrCc1noc(C2CCOC2)n1. The van der Waals surface area contributed by atoms with Crippen molar-refractivity contribution in [3.05, 3.63) is 11.7 Å². The maximum Gasteiger partial charge on any atom is 0.232 e. The van der Waals surface area contributed by atoms with Gasteiger partial charge in [-0.3, -0.25) is 0 Å². The second-order valence-electron chi connectivity index (χ2n) is 2.74. The molecule has 2 rings (SSSR count). The maximum absolute atomic E-state index is 5.21. The molecule has 1 unspecified atom stereocenters. The van der Waals surface area contributed by atoms with Crippen molar-refractivity contribution in [3.8, 4) is 0 Å². The Morgan fingerprint density at radius 1 is 1.58 bits per heavy atom. The first-order valence-electron chi connectivity index (χ1n) is 3.86. The van der Waals surface area contributed by atoms with Gasteiger partial charge < -0.3 is 9.26 Å². The summed E-state index contributed by atoms with van der Waals surface area (Å²) in [4.78, 5) is 4.21. The molecule has 0 aromatic carbocycles. The van der Waals surface area contributed by atoms with Crippen molar-refractivity contribution in [2.45, 2.75) is 17.7 Å². The zero-order valence-corrected chi connectivity index (χ0v) is 8.08. The highest BCUT2D eigenvalue weighted by Gasteiger charge is 2.23. The van der Waals surface area contributed by atoms with E-state index < -0.39 is 0 Å². The smallest absolute Gasteiger partial charge is 0.232 e. The van der Waals surface area contributed by atoms with Crippen LogP contribution < -0.4 is 0 Å². The van der Waals surface area contributed by atoms with Gasteiger partial charge in [-0.05, 0) is 6.42 Å². The minimum Gasteiger partial charge on any atom is -0.381 e. The molecule has 1 aromatic heterocycles. The van der Waals surface area contributed by atoms with E-state index in [-0.39, 0.29) is 0 Å². The first-order chi connectivity index (χ1) is 5.90. The molecule has 0 aliphatic carbocycles. The number of hydrogen-bond acceptors (Lipinski definition) is 4. The number of nitrogens with zero attached hydrogens (tertiary/aromatic N) is 2. The summed E-state index contributed by atoms with van der Waals surface area (Å²) in [6.07, 6.45) is 0.990. The van der Waals surface area contributed by atoms with E-state index in [1.54, 1.807) is 0 Å². The van der Waals surface area contributed by atoms with Crippen LogP contribution in [0.25, 0.3) is 0 Å². The molecule has 1 aromatic rings. The van der Waals surface area contributed by atoms with E-state index in [1.807, 2.05) is 0 Å². The molecule has 5 heteroatoms. The van der Waals surface area contributed by atoms with Gasteiger partial charge in [0.1, 0.15) is 0 Å². The second-order valence-corrected chi connectivity index (χ2v) is 3.30. The van der Waals surface area contributed by atoms with E-state index in [0.29, 0.717) is 29.6 Å². The number of aromatic nitrogens is 2. The van der Waals surface area contributed by atoms with Gasteiger partial charge in [0, 0.05) is 6.61 Å². The Labute approximate surface area is 78.4 Å². The van der Waals surface area contributed by atoms with Gasteiger partial charge in [0.05, 0.1) is 17.9 Å². The Morgan fingerprint density at radius 3 is 3.08 bits per heavy atom. The third kappa shape index (κ3) is 1.51. The average Bonchev–Trinajstić information content (AvgIpc) is 2.75. The van der Waals surface area contributed by atoms with Crippen LogP contribution in [0.2, 0.25) is 0 Å². The zero-order chi connectivity index (χ0) is 8.39. The van der Waals surface area contributed by atoms with Gasteiger partial charge in [0.2, 0.25) is 5.89 Å². The molecule has 1 aliphatic heterocycles. The Balaban J connectivity index is 2.11. The second kappa shape index (κ2) is 3.53. The highest BCUT2D eigenvalue weighted by molar-refractivity contribution is 9.08. The normalized spacial score (nSPS) is 23.2. The van der Waals surface area contributed by atoms with Crippen LogP contribution in [-0.2, 0) is 10.1 Å². The number of hydrogen-bond donors (Lipinski definition) is 0. The first-order valence-corrected chi connectivity index (χ1v) is 4.98. The highest BCUT2D eigenvalue weighted by Crippen LogP contribution is 2.23. The fourth-order valence-electron chi connectivity index (χ4n) is 1.22. The molecule has 1 saturated heterocycles. The van der Waals surface area contributed by atoms with Gasteiger partial charge in [-0.25, -0.2) is 0 Å². The molecule has 0 N–H and O–H groups in total. The van der Waals surface area contributed by atoms with Crippen molar-refractivity contribution in [2.75, 3.05) is 13.2 Å². The van der Waals surface area contributed by atoms with Crippen LogP contribution >= 0.6 is 15.9 Å². The summed E-state index contributed by atoms with van der Waals surface area (Å²) in [7, 11) is 0. The van der Waals surface area contributed by atoms with Crippen molar-refractivity contribution in [1.29, 1.82) is 0 Å². The number of alkyl halides is 1. The summed E-state index contributed by atoms with van der Waals surface area (Å²) in [6, 6.07) is 0. The molecule has 0 amide bonds. The van der Waals surface area contributed by atoms with E-state index in [4.69, 9.17) is 9.26 Å². The monoisotopic (exact) mass is 232 g/mol. The lowest BCUT2D eigenvalue weighted by atomic mass is 10.1. The molecule has 0 saturated carbocycles. The Kier molecular flexibility index (Phi) is 2.41. The van der Waals surface area contributed by atoms with Gasteiger partial charge >= 0.3 is 0 Å². The lowest BCUT2D eigenvalue weighted by molar-refractivity contribution is 0.189. The van der Waals surface area contributed by atoms with Crippen LogP contribution in [0.3, 0.4) is 0 Å². The molecule has 0 bridgehead atoms. The van der Waals surface area contributed by atoms with Crippen molar-refractivity contribution < 1.29 is 9.26 Å². The van der Waals surface area contributed by atoms with E-state index in [0.717, 1.165) is 13.0 Å². The standard InChI is InChI=1S/C7H9BrN2O2/c8-3-6-9-7(12-10-6)5-1-2-11-4-5/h5H,1-4H2. The lowest BCUT2D eigenvalue weighted by Gasteiger charge is -1.96. The predicted molar refractivity (Wildman–Crippen MR) is 45.1 cm³/mol. The molecule has 0 spiro atoms. The largest absolute Gasteiger partial charge is 0.381 e. The summed E-state index contributed by atoms with van der Waals surface area (Å²) in [5.41, 5.74) is 0. The minimum atomic E-state index is 0.310. The third-order valence-electron chi connectivity index (χ3n) is 1.88. The van der Waals surface area contributed by atoms with Gasteiger partial charge in [0.15, 0.2) is 5.82 Å². The molecular weight excluding hydrogens is 224 g/mol. The highest BCUT2D eigenvalue weighted by atomic mass is 79.9. The Bertz CT molecular complexity index is 258. The summed E-state index contributed by atoms with van der Waals surface area (Å²) >= 11 is 3.26. The topological polar surface area (TPSA) is 48.2 Å². The molecular formula is C7H9BrN2O2. The van der Waals surface area contributed by atoms with Crippen LogP contribution in [0.15, 0.2) is 4.52 Å². The van der Waals surface area contributed by atoms with E-state index >= 15 is 0 Å². The quantitative estimate of drug-likeness (QED) is 0.725. The molecule has 1 atom stereocenters. The predicted octanol–water partition coefficient (Wildman–Crippen LogP) is 1.47. The van der Waals surface area contributed by atoms with Crippen LogP contribution in [-0.4, -0.2) is 23.4 Å². The third-order valence-corrected chi connectivity index (χ3v) is 2.38. The summed E-state index contributed by atoms with van der Waals surface area (Å²) in [5.74, 6) is 1.73. The van der Waals surface area contributed by atoms with E-state index in [9.17, 15) is 0 Å². The molecule has 0 radical (unpaired) electrons. The summed E-state index contributed by atoms with van der Waals surface area (Å²) in [5, 5.41) is 4.43. The Hall–Kier alpha value is -0.420. The van der Waals surface area contributed by atoms with E-state index in [1.165, 1.54) is 0 Å². The zero-order valence-electron chi connectivity index (χ0n) is 6.49. The molecule has 1 aliphatic rings. The fourth-order valence-corrected chi connectivity index (χ4v) is 1.44. The number of rotatable bonds is 2. The summed E-state index contributed by atoms with van der Waals surface area (Å²) < 4.78 is 10.3. The first kappa shape index (κ1) is 8.19. The molecule has 2 heterocycles. The molecule has 1 fully saturated rings. The van der Waals surface area contributed by atoms with Crippen LogP contribution in [0.4, 0.5) is 0 Å². The van der Waals surface area contributed by atoms with Gasteiger partial charge in [-0.1, -0.05) is 21.1 Å². The van der Waals surface area contributed by atoms with Gasteiger partial charge in [-0.15, -0.1) is 0 Å². The lowest BCUT2D eigenvalue weighted by Crippen LogP contribution is -1.97. The maximum atomic E-state index is 5.21. The Morgan fingerprint density at radius 2 is 2.50 bits per heavy atom. The van der Waals surface area contributed by atoms with Crippen molar-refractivity contribution >= 4 is 15.9 Å². The average molecular weight is 233 g/mol.